The number of rotatable bonds is 3. The lowest BCUT2D eigenvalue weighted by Gasteiger charge is -2.26. The predicted molar refractivity (Wildman–Crippen MR) is 70.6 cm³/mol. The van der Waals surface area contributed by atoms with Crippen LogP contribution in [0.25, 0.3) is 0 Å². The molecule has 0 radical (unpaired) electrons. The minimum absolute atomic E-state index is 0.622. The summed E-state index contributed by atoms with van der Waals surface area (Å²) in [5.74, 6) is 2.33. The van der Waals surface area contributed by atoms with Crippen molar-refractivity contribution in [2.45, 2.75) is 6.54 Å². The Kier molecular flexibility index (Phi) is 4.02. The van der Waals surface area contributed by atoms with Crippen molar-refractivity contribution in [1.29, 1.82) is 0 Å². The van der Waals surface area contributed by atoms with Crippen molar-refractivity contribution in [1.82, 2.24) is 4.90 Å². The van der Waals surface area contributed by atoms with E-state index < -0.39 is 10.8 Å². The maximum Gasteiger partial charge on any atom is 0.120 e. The molecule has 94 valence electrons. The number of hydrogen-bond acceptors (Lipinski definition) is 4. The highest BCUT2D eigenvalue weighted by molar-refractivity contribution is 7.85. The van der Waals surface area contributed by atoms with Gasteiger partial charge in [0.25, 0.3) is 0 Å². The molecule has 1 saturated heterocycles. The Bertz CT molecular complexity index is 413. The summed E-state index contributed by atoms with van der Waals surface area (Å²) in [7, 11) is 1.01. The lowest BCUT2D eigenvalue weighted by atomic mass is 10.1. The second-order valence-corrected chi connectivity index (χ2v) is 5.89. The molecule has 1 aromatic rings. The lowest BCUT2D eigenvalue weighted by molar-refractivity contribution is 0.292. The van der Waals surface area contributed by atoms with Crippen LogP contribution in [-0.2, 0) is 17.3 Å². The van der Waals surface area contributed by atoms with E-state index in [0.29, 0.717) is 0 Å². The molecule has 1 fully saturated rings. The number of anilines is 1. The van der Waals surface area contributed by atoms with Gasteiger partial charge in [0.2, 0.25) is 0 Å². The summed E-state index contributed by atoms with van der Waals surface area (Å²) in [5, 5.41) is 0. The zero-order chi connectivity index (χ0) is 12.3. The van der Waals surface area contributed by atoms with E-state index in [9.17, 15) is 4.21 Å². The Labute approximate surface area is 104 Å². The number of nitrogens with zero attached hydrogens (tertiary/aromatic N) is 1. The van der Waals surface area contributed by atoms with E-state index in [2.05, 4.69) is 4.90 Å². The molecule has 17 heavy (non-hydrogen) atoms. The van der Waals surface area contributed by atoms with E-state index in [1.807, 2.05) is 18.2 Å². The van der Waals surface area contributed by atoms with E-state index in [1.54, 1.807) is 7.11 Å². The molecule has 2 rings (SSSR count). The first-order valence-corrected chi connectivity index (χ1v) is 7.17. The van der Waals surface area contributed by atoms with Crippen LogP contribution in [-0.4, -0.2) is 40.8 Å². The molecule has 4 nitrogen and oxygen atoms in total. The molecule has 5 heteroatoms. The molecule has 0 atom stereocenters. The molecule has 0 unspecified atom stereocenters. The number of hydrogen-bond donors (Lipinski definition) is 1. The number of benzene rings is 1. The fourth-order valence-corrected chi connectivity index (χ4v) is 3.05. The van der Waals surface area contributed by atoms with Gasteiger partial charge in [-0.05, 0) is 11.6 Å². The van der Waals surface area contributed by atoms with Gasteiger partial charge in [0, 0.05) is 53.7 Å². The summed E-state index contributed by atoms with van der Waals surface area (Å²) in [6, 6.07) is 5.77. The van der Waals surface area contributed by atoms with Crippen LogP contribution >= 0.6 is 0 Å². The smallest absolute Gasteiger partial charge is 0.120 e. The summed E-state index contributed by atoms with van der Waals surface area (Å²) >= 11 is 0. The summed E-state index contributed by atoms with van der Waals surface area (Å²) in [6.07, 6.45) is 0. The standard InChI is InChI=1S/C12H18N2O2S/c1-16-11-3-2-10(12(13)8-11)9-14-4-6-17(15)7-5-14/h2-3,8H,4-7,9,13H2,1H3. The SMILES string of the molecule is COc1ccc(CN2CCS(=O)CC2)c(N)c1. The fourth-order valence-electron chi connectivity index (χ4n) is 1.92. The molecular formula is C12H18N2O2S. The molecule has 0 aliphatic carbocycles. The van der Waals surface area contributed by atoms with Crippen LogP contribution in [0, 0.1) is 0 Å². The molecule has 0 saturated carbocycles. The van der Waals surface area contributed by atoms with Crippen LogP contribution < -0.4 is 10.5 Å². The van der Waals surface area contributed by atoms with Gasteiger partial charge < -0.3 is 10.5 Å². The van der Waals surface area contributed by atoms with Crippen molar-refractivity contribution >= 4 is 16.5 Å². The van der Waals surface area contributed by atoms with Gasteiger partial charge in [-0.15, -0.1) is 0 Å². The van der Waals surface area contributed by atoms with Crippen LogP contribution in [0.4, 0.5) is 5.69 Å². The van der Waals surface area contributed by atoms with Gasteiger partial charge in [0.05, 0.1) is 7.11 Å². The molecule has 0 amide bonds. The Morgan fingerprint density at radius 3 is 2.71 bits per heavy atom. The molecule has 1 aliphatic heterocycles. The third kappa shape index (κ3) is 3.20. The van der Waals surface area contributed by atoms with Crippen molar-refractivity contribution in [2.24, 2.45) is 0 Å². The highest BCUT2D eigenvalue weighted by Gasteiger charge is 2.16. The monoisotopic (exact) mass is 254 g/mol. The van der Waals surface area contributed by atoms with E-state index in [1.165, 1.54) is 0 Å². The Morgan fingerprint density at radius 2 is 2.12 bits per heavy atom. The van der Waals surface area contributed by atoms with Gasteiger partial charge in [-0.1, -0.05) is 6.07 Å². The Hall–Kier alpha value is -1.07. The van der Waals surface area contributed by atoms with Crippen molar-refractivity contribution < 1.29 is 8.95 Å². The summed E-state index contributed by atoms with van der Waals surface area (Å²) in [6.45, 7) is 2.60. The molecule has 1 aliphatic rings. The average Bonchev–Trinajstić information content (AvgIpc) is 2.34. The van der Waals surface area contributed by atoms with Gasteiger partial charge in [0.1, 0.15) is 5.75 Å². The Morgan fingerprint density at radius 1 is 1.41 bits per heavy atom. The first kappa shape index (κ1) is 12.4. The van der Waals surface area contributed by atoms with Gasteiger partial charge in [-0.2, -0.15) is 0 Å². The van der Waals surface area contributed by atoms with Gasteiger partial charge >= 0.3 is 0 Å². The van der Waals surface area contributed by atoms with Crippen LogP contribution in [0.15, 0.2) is 18.2 Å². The van der Waals surface area contributed by atoms with Crippen LogP contribution in [0.1, 0.15) is 5.56 Å². The van der Waals surface area contributed by atoms with E-state index in [0.717, 1.165) is 48.1 Å². The van der Waals surface area contributed by atoms with Crippen LogP contribution in [0.3, 0.4) is 0 Å². The maximum atomic E-state index is 11.3. The van der Waals surface area contributed by atoms with Crippen molar-refractivity contribution in [3.8, 4) is 5.75 Å². The van der Waals surface area contributed by atoms with Crippen LogP contribution in [0.5, 0.6) is 5.75 Å². The number of nitrogens with two attached hydrogens (primary N) is 1. The number of ether oxygens (including phenoxy) is 1. The molecule has 0 aromatic heterocycles. The van der Waals surface area contributed by atoms with Crippen molar-refractivity contribution in [3.05, 3.63) is 23.8 Å². The summed E-state index contributed by atoms with van der Waals surface area (Å²) in [4.78, 5) is 2.29. The average molecular weight is 254 g/mol. The molecule has 1 heterocycles. The molecule has 1 aromatic carbocycles. The van der Waals surface area contributed by atoms with Crippen molar-refractivity contribution in [3.63, 3.8) is 0 Å². The van der Waals surface area contributed by atoms with Gasteiger partial charge in [-0.3, -0.25) is 9.11 Å². The molecular weight excluding hydrogens is 236 g/mol. The molecule has 0 spiro atoms. The molecule has 0 bridgehead atoms. The first-order valence-electron chi connectivity index (χ1n) is 5.69. The third-order valence-electron chi connectivity index (χ3n) is 3.02. The minimum Gasteiger partial charge on any atom is -0.497 e. The largest absolute Gasteiger partial charge is 0.497 e. The minimum atomic E-state index is -0.622. The summed E-state index contributed by atoms with van der Waals surface area (Å²) < 4.78 is 16.4. The van der Waals surface area contributed by atoms with E-state index in [4.69, 9.17) is 10.5 Å². The number of methoxy groups -OCH3 is 1. The maximum absolute atomic E-state index is 11.3. The zero-order valence-electron chi connectivity index (χ0n) is 10.0. The first-order chi connectivity index (χ1) is 8.19. The zero-order valence-corrected chi connectivity index (χ0v) is 10.8. The summed E-state index contributed by atoms with van der Waals surface area (Å²) in [5.41, 5.74) is 7.84. The van der Waals surface area contributed by atoms with E-state index in [-0.39, 0.29) is 0 Å². The van der Waals surface area contributed by atoms with Crippen molar-refractivity contribution in [2.75, 3.05) is 37.4 Å². The predicted octanol–water partition coefficient (Wildman–Crippen LogP) is 0.842. The quantitative estimate of drug-likeness (QED) is 0.812. The highest BCUT2D eigenvalue weighted by Crippen LogP contribution is 2.21. The van der Waals surface area contributed by atoms with Gasteiger partial charge in [-0.25, -0.2) is 0 Å². The molecule has 2 N–H and O–H groups in total. The van der Waals surface area contributed by atoms with E-state index >= 15 is 0 Å². The topological polar surface area (TPSA) is 55.6 Å². The van der Waals surface area contributed by atoms with Gasteiger partial charge in [0.15, 0.2) is 0 Å². The fraction of sp³-hybridized carbons (Fsp3) is 0.500. The third-order valence-corrected chi connectivity index (χ3v) is 4.29. The number of nitrogen functional groups attached to an aromatic ring is 1. The highest BCUT2D eigenvalue weighted by atomic mass is 32.2. The second-order valence-electron chi connectivity index (χ2n) is 4.19. The van der Waals surface area contributed by atoms with Crippen LogP contribution in [0.2, 0.25) is 0 Å². The lowest BCUT2D eigenvalue weighted by Crippen LogP contribution is -2.37. The second kappa shape index (κ2) is 5.51. The Balaban J connectivity index is 2.01. The normalized spacial score (nSPS) is 18.2.